The normalized spacial score (nSPS) is 15.9. The molecule has 0 atom stereocenters. The van der Waals surface area contributed by atoms with Gasteiger partial charge >= 0.3 is 0 Å². The van der Waals surface area contributed by atoms with Crippen molar-refractivity contribution in [1.29, 1.82) is 5.26 Å². The Bertz CT molecular complexity index is 492. The largest absolute Gasteiger partial charge is 0.354 e. The molecule has 1 fully saturated rings. The zero-order valence-electron chi connectivity index (χ0n) is 11.6. The number of hydrogen-bond donors (Lipinski definition) is 1. The van der Waals surface area contributed by atoms with Gasteiger partial charge in [-0.3, -0.25) is 4.79 Å². The van der Waals surface area contributed by atoms with Crippen LogP contribution in [-0.4, -0.2) is 12.5 Å². The van der Waals surface area contributed by atoms with Gasteiger partial charge in [-0.2, -0.15) is 5.26 Å². The van der Waals surface area contributed by atoms with Crippen molar-refractivity contribution < 1.29 is 4.79 Å². The van der Waals surface area contributed by atoms with Gasteiger partial charge in [0.1, 0.15) is 5.41 Å². The first-order chi connectivity index (χ1) is 9.07. The molecule has 1 saturated carbocycles. The second-order valence-electron chi connectivity index (χ2n) is 5.60. The maximum absolute atomic E-state index is 11.8. The molecule has 1 aliphatic carbocycles. The van der Waals surface area contributed by atoms with E-state index in [1.54, 1.807) is 0 Å². The van der Waals surface area contributed by atoms with Gasteiger partial charge in [0.05, 0.1) is 6.07 Å². The van der Waals surface area contributed by atoms with Crippen LogP contribution in [0.2, 0.25) is 0 Å². The number of nitrogens with one attached hydrogen (secondary N) is 1. The highest BCUT2D eigenvalue weighted by Crippen LogP contribution is 2.44. The van der Waals surface area contributed by atoms with Crippen LogP contribution in [-0.2, 0) is 11.2 Å². The minimum atomic E-state index is -0.707. The van der Waals surface area contributed by atoms with Crippen molar-refractivity contribution in [2.75, 3.05) is 6.54 Å². The zero-order chi connectivity index (χ0) is 13.9. The Morgan fingerprint density at radius 2 is 2.00 bits per heavy atom. The minimum Gasteiger partial charge on any atom is -0.354 e. The molecule has 1 aromatic carbocycles. The van der Waals surface area contributed by atoms with E-state index in [1.165, 1.54) is 11.1 Å². The van der Waals surface area contributed by atoms with Gasteiger partial charge in [0.15, 0.2) is 0 Å². The molecule has 0 aromatic heterocycles. The van der Waals surface area contributed by atoms with Gasteiger partial charge in [-0.15, -0.1) is 0 Å². The van der Waals surface area contributed by atoms with Crippen LogP contribution in [0.25, 0.3) is 0 Å². The molecule has 1 N–H and O–H groups in total. The van der Waals surface area contributed by atoms with Crippen LogP contribution in [0.1, 0.15) is 43.7 Å². The third kappa shape index (κ3) is 3.14. The van der Waals surface area contributed by atoms with Crippen LogP contribution in [0.5, 0.6) is 0 Å². The van der Waals surface area contributed by atoms with E-state index >= 15 is 0 Å². The fraction of sp³-hybridized carbons (Fsp3) is 0.500. The molecule has 19 heavy (non-hydrogen) atoms. The predicted octanol–water partition coefficient (Wildman–Crippen LogP) is 2.77. The monoisotopic (exact) mass is 256 g/mol. The first kappa shape index (κ1) is 13.6. The molecule has 0 radical (unpaired) electrons. The lowest BCUT2D eigenvalue weighted by atomic mass is 10.0. The Kier molecular flexibility index (Phi) is 3.90. The van der Waals surface area contributed by atoms with Crippen molar-refractivity contribution in [3.63, 3.8) is 0 Å². The number of carbonyl (C=O) groups excluding carboxylic acids is 1. The number of rotatable bonds is 5. The van der Waals surface area contributed by atoms with Gasteiger partial charge in [-0.25, -0.2) is 0 Å². The van der Waals surface area contributed by atoms with Crippen LogP contribution in [0.3, 0.4) is 0 Å². The lowest BCUT2D eigenvalue weighted by molar-refractivity contribution is -0.124. The van der Waals surface area contributed by atoms with Gasteiger partial charge in [-0.1, -0.05) is 38.1 Å². The molecule has 1 aliphatic rings. The summed E-state index contributed by atoms with van der Waals surface area (Å²) in [7, 11) is 0. The molecule has 0 heterocycles. The Balaban J connectivity index is 1.80. The van der Waals surface area contributed by atoms with E-state index in [0.29, 0.717) is 25.3 Å². The first-order valence-corrected chi connectivity index (χ1v) is 6.86. The quantitative estimate of drug-likeness (QED) is 0.880. The summed E-state index contributed by atoms with van der Waals surface area (Å²) >= 11 is 0. The summed E-state index contributed by atoms with van der Waals surface area (Å²) in [5, 5.41) is 11.8. The second-order valence-corrected chi connectivity index (χ2v) is 5.60. The predicted molar refractivity (Wildman–Crippen MR) is 74.5 cm³/mol. The number of amides is 1. The van der Waals surface area contributed by atoms with Crippen molar-refractivity contribution in [2.24, 2.45) is 5.41 Å². The summed E-state index contributed by atoms with van der Waals surface area (Å²) in [5.41, 5.74) is 1.84. The van der Waals surface area contributed by atoms with E-state index in [-0.39, 0.29) is 5.91 Å². The van der Waals surface area contributed by atoms with Crippen molar-refractivity contribution in [1.82, 2.24) is 5.32 Å². The zero-order valence-corrected chi connectivity index (χ0v) is 11.6. The molecule has 1 aromatic rings. The number of nitrogens with zero attached hydrogens (tertiary/aromatic N) is 1. The first-order valence-electron chi connectivity index (χ1n) is 6.86. The van der Waals surface area contributed by atoms with Crippen molar-refractivity contribution in [3.05, 3.63) is 35.4 Å². The fourth-order valence-corrected chi connectivity index (χ4v) is 2.07. The maximum Gasteiger partial charge on any atom is 0.240 e. The third-order valence-electron chi connectivity index (χ3n) is 3.74. The van der Waals surface area contributed by atoms with Crippen molar-refractivity contribution in [3.8, 4) is 6.07 Å². The van der Waals surface area contributed by atoms with Crippen LogP contribution < -0.4 is 5.32 Å². The van der Waals surface area contributed by atoms with E-state index in [9.17, 15) is 4.79 Å². The Labute approximate surface area is 114 Å². The van der Waals surface area contributed by atoms with Gasteiger partial charge in [0, 0.05) is 6.54 Å². The molecule has 3 heteroatoms. The van der Waals surface area contributed by atoms with Gasteiger partial charge in [0.2, 0.25) is 5.91 Å². The summed E-state index contributed by atoms with van der Waals surface area (Å²) in [4.78, 5) is 11.8. The van der Waals surface area contributed by atoms with E-state index in [0.717, 1.165) is 6.42 Å². The van der Waals surface area contributed by atoms with E-state index in [1.807, 2.05) is 0 Å². The molecule has 0 saturated heterocycles. The highest BCUT2D eigenvalue weighted by atomic mass is 16.2. The van der Waals surface area contributed by atoms with Gasteiger partial charge < -0.3 is 5.32 Å². The SMILES string of the molecule is CC(C)c1ccc(CCNC(=O)C2(C#N)CC2)cc1. The standard InChI is InChI=1S/C16H20N2O/c1-12(2)14-5-3-13(4-6-14)7-10-18-15(19)16(11-17)8-9-16/h3-6,12H,7-10H2,1-2H3,(H,18,19). The molecule has 0 unspecified atom stereocenters. The lowest BCUT2D eigenvalue weighted by Crippen LogP contribution is -2.32. The van der Waals surface area contributed by atoms with E-state index in [2.05, 4.69) is 49.5 Å². The smallest absolute Gasteiger partial charge is 0.240 e. The number of benzene rings is 1. The van der Waals surface area contributed by atoms with E-state index < -0.39 is 5.41 Å². The molecule has 0 aliphatic heterocycles. The summed E-state index contributed by atoms with van der Waals surface area (Å²) in [6.07, 6.45) is 2.22. The average Bonchev–Trinajstić information content (AvgIpc) is 3.20. The molecule has 0 spiro atoms. The fourth-order valence-electron chi connectivity index (χ4n) is 2.07. The Morgan fingerprint density at radius 3 is 2.47 bits per heavy atom. The van der Waals surface area contributed by atoms with Crippen molar-refractivity contribution >= 4 is 5.91 Å². The number of hydrogen-bond acceptors (Lipinski definition) is 2. The summed E-state index contributed by atoms with van der Waals surface area (Å²) < 4.78 is 0. The van der Waals surface area contributed by atoms with Gasteiger partial charge in [-0.05, 0) is 36.3 Å². The lowest BCUT2D eigenvalue weighted by Gasteiger charge is -2.09. The van der Waals surface area contributed by atoms with Crippen LogP contribution in [0, 0.1) is 16.7 Å². The van der Waals surface area contributed by atoms with Gasteiger partial charge in [0.25, 0.3) is 0 Å². The highest BCUT2D eigenvalue weighted by Gasteiger charge is 2.50. The maximum atomic E-state index is 11.8. The molecular weight excluding hydrogens is 236 g/mol. The third-order valence-corrected chi connectivity index (χ3v) is 3.74. The number of carbonyl (C=O) groups is 1. The topological polar surface area (TPSA) is 52.9 Å². The van der Waals surface area contributed by atoms with Crippen LogP contribution in [0.4, 0.5) is 0 Å². The summed E-state index contributed by atoms with van der Waals surface area (Å²) in [5.74, 6) is 0.438. The van der Waals surface area contributed by atoms with Crippen LogP contribution in [0.15, 0.2) is 24.3 Å². The molecule has 1 amide bonds. The Hall–Kier alpha value is -1.82. The van der Waals surface area contributed by atoms with E-state index in [4.69, 9.17) is 5.26 Å². The molecule has 0 bridgehead atoms. The summed E-state index contributed by atoms with van der Waals surface area (Å²) in [6, 6.07) is 10.6. The summed E-state index contributed by atoms with van der Waals surface area (Å²) in [6.45, 7) is 4.95. The van der Waals surface area contributed by atoms with Crippen molar-refractivity contribution in [2.45, 2.75) is 39.0 Å². The molecule has 2 rings (SSSR count). The minimum absolute atomic E-state index is 0.103. The Morgan fingerprint density at radius 1 is 1.37 bits per heavy atom. The number of nitriles is 1. The average molecular weight is 256 g/mol. The molecule has 3 nitrogen and oxygen atoms in total. The molecule has 100 valence electrons. The van der Waals surface area contributed by atoms with Crippen LogP contribution >= 0.6 is 0 Å². The molecular formula is C16H20N2O. The second kappa shape index (κ2) is 5.44. The highest BCUT2D eigenvalue weighted by molar-refractivity contribution is 5.88.